The zero-order valence-corrected chi connectivity index (χ0v) is 24.8. The number of Topliss-reactive ketones (excluding diaryl/α,β-unsaturated/α-hetero) is 1. The van der Waals surface area contributed by atoms with Crippen molar-refractivity contribution in [2.75, 3.05) is 36.0 Å². The van der Waals surface area contributed by atoms with E-state index in [0.29, 0.717) is 25.9 Å². The molecular weight excluding hydrogens is 608 g/mol. The molecule has 4 fully saturated rings. The number of nitrogens with zero attached hydrogens (tertiary/aromatic N) is 4. The topological polar surface area (TPSA) is 170 Å². The summed E-state index contributed by atoms with van der Waals surface area (Å²) < 4.78 is 48.8. The number of amides is 1. The van der Waals surface area contributed by atoms with Crippen molar-refractivity contribution in [3.05, 3.63) is 57.9 Å². The van der Waals surface area contributed by atoms with Crippen molar-refractivity contribution in [1.29, 1.82) is 0 Å². The number of carbonyl (C=O) groups excluding carboxylic acids is 2. The van der Waals surface area contributed by atoms with Crippen LogP contribution in [0.2, 0.25) is 0 Å². The second kappa shape index (κ2) is 11.0. The molecule has 3 aromatic rings. The largest absolute Gasteiger partial charge is 0.488 e. The molecule has 1 saturated carbocycles. The molecule has 0 bridgehead atoms. The van der Waals surface area contributed by atoms with E-state index in [0.717, 1.165) is 25.0 Å². The summed E-state index contributed by atoms with van der Waals surface area (Å²) >= 11 is 0. The molecule has 0 radical (unpaired) electrons. The Morgan fingerprint density at radius 3 is 2.57 bits per heavy atom. The third-order valence-electron chi connectivity index (χ3n) is 9.25. The zero-order valence-electron chi connectivity index (χ0n) is 24.8. The lowest BCUT2D eigenvalue weighted by Gasteiger charge is -2.32. The highest BCUT2D eigenvalue weighted by atomic mass is 19.1. The molecule has 4 aliphatic rings. The fraction of sp³-hybridized carbons (Fsp3) is 0.452. The summed E-state index contributed by atoms with van der Waals surface area (Å²) in [6.45, 7) is 2.23. The van der Waals surface area contributed by atoms with Crippen LogP contribution in [0.3, 0.4) is 0 Å². The number of halogens is 2. The van der Waals surface area contributed by atoms with Gasteiger partial charge in [0.2, 0.25) is 5.43 Å². The average Bonchev–Trinajstić information content (AvgIpc) is 3.94. The Morgan fingerprint density at radius 2 is 1.91 bits per heavy atom. The van der Waals surface area contributed by atoms with Crippen LogP contribution in [-0.4, -0.2) is 82.6 Å². The minimum Gasteiger partial charge on any atom is -0.488 e. The summed E-state index contributed by atoms with van der Waals surface area (Å²) in [5, 5.41) is 9.40. The first-order valence-electron chi connectivity index (χ1n) is 15.0. The molecule has 1 amide bonds. The maximum atomic E-state index is 15.3. The minimum absolute atomic E-state index is 0.0130. The summed E-state index contributed by atoms with van der Waals surface area (Å²) in [7, 11) is 0. The number of epoxide rings is 1. The Morgan fingerprint density at radius 1 is 1.17 bits per heavy atom. The van der Waals surface area contributed by atoms with E-state index < -0.39 is 52.4 Å². The number of pyridine rings is 2. The second-order valence-corrected chi connectivity index (χ2v) is 12.2. The van der Waals surface area contributed by atoms with Crippen LogP contribution in [0, 0.1) is 11.6 Å². The van der Waals surface area contributed by atoms with E-state index in [2.05, 4.69) is 4.98 Å². The summed E-state index contributed by atoms with van der Waals surface area (Å²) in [4.78, 5) is 55.7. The van der Waals surface area contributed by atoms with Gasteiger partial charge in [0.05, 0.1) is 17.6 Å². The first-order valence-corrected chi connectivity index (χ1v) is 15.0. The second-order valence-electron chi connectivity index (χ2n) is 12.2. The number of ketones is 1. The van der Waals surface area contributed by atoms with Crippen molar-refractivity contribution in [3.8, 4) is 5.75 Å². The molecule has 1 aromatic carbocycles. The predicted octanol–water partition coefficient (Wildman–Crippen LogP) is 2.77. The van der Waals surface area contributed by atoms with Gasteiger partial charge in [0, 0.05) is 31.4 Å². The molecule has 1 aliphatic carbocycles. The van der Waals surface area contributed by atoms with Gasteiger partial charge in [-0.3, -0.25) is 14.5 Å². The van der Waals surface area contributed by atoms with Crippen LogP contribution >= 0.6 is 0 Å². The monoisotopic (exact) mass is 639 g/mol. The molecule has 1 spiro atoms. The summed E-state index contributed by atoms with van der Waals surface area (Å²) in [5.74, 6) is -3.02. The van der Waals surface area contributed by atoms with Crippen LogP contribution in [0.1, 0.15) is 49.0 Å². The summed E-state index contributed by atoms with van der Waals surface area (Å²) in [6, 6.07) is 4.19. The molecule has 15 heteroatoms. The van der Waals surface area contributed by atoms with Crippen LogP contribution in [0.15, 0.2) is 35.3 Å². The number of carboxylic acid groups (broad SMARTS) is 1. The number of piperidine rings is 1. The Labute approximate surface area is 260 Å². The number of hydrogen-bond acceptors (Lipinski definition) is 10. The molecule has 7 rings (SSSR count). The number of carbonyl (C=O) groups is 3. The van der Waals surface area contributed by atoms with Crippen molar-refractivity contribution >= 4 is 40.4 Å². The van der Waals surface area contributed by atoms with Gasteiger partial charge in [0.1, 0.15) is 47.5 Å². The van der Waals surface area contributed by atoms with Crippen LogP contribution in [0.5, 0.6) is 5.75 Å². The van der Waals surface area contributed by atoms with Crippen molar-refractivity contribution < 1.29 is 42.5 Å². The highest BCUT2D eigenvalue weighted by Crippen LogP contribution is 2.46. The Hall–Kier alpha value is -4.63. The lowest BCUT2D eigenvalue weighted by Crippen LogP contribution is -2.43. The van der Waals surface area contributed by atoms with E-state index in [1.54, 1.807) is 9.47 Å². The number of cyclic esters (lactones) is 1. The van der Waals surface area contributed by atoms with Crippen molar-refractivity contribution in [2.45, 2.75) is 62.5 Å². The lowest BCUT2D eigenvalue weighted by molar-refractivity contribution is -0.120. The fourth-order valence-corrected chi connectivity index (χ4v) is 6.30. The normalized spacial score (nSPS) is 22.7. The summed E-state index contributed by atoms with van der Waals surface area (Å²) in [5.41, 5.74) is 4.62. The van der Waals surface area contributed by atoms with E-state index in [9.17, 15) is 28.7 Å². The van der Waals surface area contributed by atoms with Crippen molar-refractivity contribution in [1.82, 2.24) is 9.55 Å². The lowest BCUT2D eigenvalue weighted by atomic mass is 9.93. The average molecular weight is 640 g/mol. The molecule has 3 unspecified atom stereocenters. The first-order chi connectivity index (χ1) is 22.0. The molecule has 3 atom stereocenters. The Kier molecular flexibility index (Phi) is 7.20. The van der Waals surface area contributed by atoms with E-state index in [-0.39, 0.29) is 59.4 Å². The zero-order chi connectivity index (χ0) is 32.5. The molecule has 46 heavy (non-hydrogen) atoms. The van der Waals surface area contributed by atoms with Crippen LogP contribution < -0.4 is 25.7 Å². The van der Waals surface area contributed by atoms with Gasteiger partial charge in [-0.2, -0.15) is 0 Å². The van der Waals surface area contributed by atoms with Gasteiger partial charge in [-0.05, 0) is 50.8 Å². The highest BCUT2D eigenvalue weighted by molar-refractivity contribution is 5.92. The molecular formula is C31H31F2N5O8. The summed E-state index contributed by atoms with van der Waals surface area (Å²) in [6.07, 6.45) is 2.15. The third-order valence-corrected chi connectivity index (χ3v) is 9.25. The van der Waals surface area contributed by atoms with E-state index >= 15 is 4.39 Å². The number of carboxylic acids is 1. The number of anilines is 2. The number of nitrogens with two attached hydrogens (primary N) is 1. The fourth-order valence-electron chi connectivity index (χ4n) is 6.30. The number of ether oxygens (including phenoxy) is 3. The maximum Gasteiger partial charge on any atom is 0.414 e. The number of rotatable bonds is 9. The van der Waals surface area contributed by atoms with Gasteiger partial charge in [0.15, 0.2) is 23.2 Å². The van der Waals surface area contributed by atoms with Gasteiger partial charge in [-0.15, -0.1) is 0 Å². The molecule has 3 saturated heterocycles. The van der Waals surface area contributed by atoms with Gasteiger partial charge in [0.25, 0.3) is 0 Å². The Bertz CT molecular complexity index is 1840. The van der Waals surface area contributed by atoms with Crippen molar-refractivity contribution in [2.24, 2.45) is 5.73 Å². The van der Waals surface area contributed by atoms with Gasteiger partial charge in [-0.25, -0.2) is 23.4 Å². The Balaban J connectivity index is 0.985. The SMILES string of the molecule is CC(=O)C(N)C1CN(c2ccc(OCC3OC34CCN(c3nc5c(cc3F)c(=O)c(C(=O)O)cn5C3CC3)CC4)c(F)c2)C(=O)O1. The van der Waals surface area contributed by atoms with Crippen LogP contribution in [0.25, 0.3) is 11.0 Å². The number of fused-ring (bicyclic) bond motifs is 1. The van der Waals surface area contributed by atoms with Gasteiger partial charge in [-0.1, -0.05) is 0 Å². The molecule has 242 valence electrons. The number of aromatic carboxylic acids is 1. The van der Waals surface area contributed by atoms with E-state index in [4.69, 9.17) is 19.9 Å². The highest BCUT2D eigenvalue weighted by Gasteiger charge is 2.58. The van der Waals surface area contributed by atoms with Crippen molar-refractivity contribution in [3.63, 3.8) is 0 Å². The molecule has 5 heterocycles. The van der Waals surface area contributed by atoms with Gasteiger partial charge >= 0.3 is 12.1 Å². The van der Waals surface area contributed by atoms with E-state index in [1.807, 2.05) is 0 Å². The molecule has 13 nitrogen and oxygen atoms in total. The maximum absolute atomic E-state index is 15.3. The minimum atomic E-state index is -1.37. The standard InChI is InChI=1S/C31H31F2N5O8/c1-15(39)25(34)23-13-38(30(43)45-23)17-4-5-22(20(32)10-17)44-14-24-31(46-24)6-8-36(9-7-31)28-21(33)11-18-26(40)19(29(41)42)12-37(16-2-3-16)27(18)35-28/h4-5,10-12,16,23-25H,2-3,6-9,13-14,34H2,1H3,(H,41,42). The third kappa shape index (κ3) is 5.22. The van der Waals surface area contributed by atoms with E-state index in [1.165, 1.54) is 30.2 Å². The van der Waals surface area contributed by atoms with Gasteiger partial charge < -0.3 is 34.5 Å². The van der Waals surface area contributed by atoms with Crippen LogP contribution in [0.4, 0.5) is 25.1 Å². The number of hydrogen-bond donors (Lipinski definition) is 2. The molecule has 2 aromatic heterocycles. The number of benzene rings is 1. The van der Waals surface area contributed by atoms with Crippen LogP contribution in [-0.2, 0) is 14.3 Å². The molecule has 3 N–H and O–H groups in total. The smallest absolute Gasteiger partial charge is 0.414 e. The quantitative estimate of drug-likeness (QED) is 0.330. The number of aromatic nitrogens is 2. The molecule has 3 aliphatic heterocycles. The first kappa shape index (κ1) is 30.0. The predicted molar refractivity (Wildman–Crippen MR) is 158 cm³/mol.